The van der Waals surface area contributed by atoms with E-state index in [0.717, 1.165) is 28.8 Å². The van der Waals surface area contributed by atoms with E-state index in [-0.39, 0.29) is 12.1 Å². The van der Waals surface area contributed by atoms with Crippen molar-refractivity contribution in [3.05, 3.63) is 76.9 Å². The van der Waals surface area contributed by atoms with Crippen LogP contribution < -0.4 is 21.3 Å². The molecule has 2 aromatic rings. The molecule has 7 nitrogen and oxygen atoms in total. The fourth-order valence-electron chi connectivity index (χ4n) is 3.41. The molecule has 0 spiro atoms. The van der Waals surface area contributed by atoms with Gasteiger partial charge in [0.15, 0.2) is 0 Å². The molecular formula is C27H33F3N4O3. The molecule has 3 amide bonds. The van der Waals surface area contributed by atoms with Crippen LogP contribution >= 0.6 is 0 Å². The average molecular weight is 519 g/mol. The van der Waals surface area contributed by atoms with E-state index < -0.39 is 47.6 Å². The van der Waals surface area contributed by atoms with Gasteiger partial charge in [0, 0.05) is 24.2 Å². The number of nitrogens with one attached hydrogen (secondary N) is 4. The van der Waals surface area contributed by atoms with Crippen LogP contribution in [0.4, 0.5) is 13.2 Å². The molecule has 37 heavy (non-hydrogen) atoms. The van der Waals surface area contributed by atoms with Gasteiger partial charge in [-0.25, -0.2) is 0 Å². The second-order valence-corrected chi connectivity index (χ2v) is 9.64. The van der Waals surface area contributed by atoms with E-state index in [1.807, 2.05) is 25.1 Å². The molecule has 0 aliphatic carbocycles. The van der Waals surface area contributed by atoms with Gasteiger partial charge in [-0.2, -0.15) is 13.2 Å². The molecule has 0 unspecified atom stereocenters. The third kappa shape index (κ3) is 9.72. The summed E-state index contributed by atoms with van der Waals surface area (Å²) in [6.45, 7) is 11.2. The van der Waals surface area contributed by atoms with Crippen molar-refractivity contribution in [3.8, 4) is 0 Å². The van der Waals surface area contributed by atoms with Crippen molar-refractivity contribution >= 4 is 23.8 Å². The molecule has 200 valence electrons. The molecule has 0 bridgehead atoms. The number of amides is 3. The van der Waals surface area contributed by atoms with Gasteiger partial charge in [0.05, 0.1) is 12.1 Å². The Labute approximate surface area is 214 Å². The molecule has 0 radical (unpaired) electrons. The molecule has 0 fully saturated rings. The highest BCUT2D eigenvalue weighted by Crippen LogP contribution is 2.29. The second-order valence-electron chi connectivity index (χ2n) is 9.64. The number of aryl methyl sites for hydroxylation is 1. The maximum Gasteiger partial charge on any atom is 0.416 e. The molecule has 0 saturated heterocycles. The Hall–Kier alpha value is -3.66. The van der Waals surface area contributed by atoms with Crippen molar-refractivity contribution in [2.75, 3.05) is 13.1 Å². The number of alkyl halides is 3. The van der Waals surface area contributed by atoms with Gasteiger partial charge in [0.2, 0.25) is 11.8 Å². The van der Waals surface area contributed by atoms with E-state index in [4.69, 9.17) is 0 Å². The van der Waals surface area contributed by atoms with Crippen LogP contribution in [0.15, 0.2) is 49.0 Å². The maximum atomic E-state index is 12.9. The Morgan fingerprint density at radius 3 is 2.35 bits per heavy atom. The molecule has 10 heteroatoms. The summed E-state index contributed by atoms with van der Waals surface area (Å²) in [5.74, 6) is -1.92. The Morgan fingerprint density at radius 1 is 1.05 bits per heavy atom. The van der Waals surface area contributed by atoms with Crippen molar-refractivity contribution in [2.45, 2.75) is 52.0 Å². The molecule has 0 aromatic heterocycles. The van der Waals surface area contributed by atoms with Crippen LogP contribution in [0, 0.1) is 6.92 Å². The largest absolute Gasteiger partial charge is 0.416 e. The van der Waals surface area contributed by atoms with Crippen molar-refractivity contribution in [2.24, 2.45) is 0 Å². The lowest BCUT2D eigenvalue weighted by Crippen LogP contribution is -2.56. The zero-order valence-corrected chi connectivity index (χ0v) is 21.4. The first-order valence-electron chi connectivity index (χ1n) is 11.7. The highest BCUT2D eigenvalue weighted by molar-refractivity contribution is 5.97. The molecule has 2 rings (SSSR count). The lowest BCUT2D eigenvalue weighted by Gasteiger charge is -2.26. The molecule has 0 aliphatic rings. The van der Waals surface area contributed by atoms with Crippen LogP contribution in [0.2, 0.25) is 0 Å². The van der Waals surface area contributed by atoms with E-state index in [1.165, 1.54) is 6.07 Å². The third-order valence-corrected chi connectivity index (χ3v) is 5.28. The summed E-state index contributed by atoms with van der Waals surface area (Å²) in [6, 6.07) is 8.80. The molecule has 0 aliphatic heterocycles. The van der Waals surface area contributed by atoms with E-state index >= 15 is 0 Å². The van der Waals surface area contributed by atoms with Crippen LogP contribution in [0.1, 0.15) is 53.4 Å². The van der Waals surface area contributed by atoms with Gasteiger partial charge < -0.3 is 21.3 Å². The van der Waals surface area contributed by atoms with E-state index in [9.17, 15) is 27.6 Å². The first-order chi connectivity index (χ1) is 17.2. The SMILES string of the molecule is C=Cc1ccc(CNC[C@H](NC(=O)CNC(=O)c2cccc(C(F)(F)F)c2)C(=O)NC(C)(C)C)c(C)c1. The summed E-state index contributed by atoms with van der Waals surface area (Å²) < 4.78 is 38.7. The lowest BCUT2D eigenvalue weighted by molar-refractivity contribution is -0.137. The van der Waals surface area contributed by atoms with E-state index in [1.54, 1.807) is 26.8 Å². The van der Waals surface area contributed by atoms with Crippen LogP contribution in [-0.4, -0.2) is 42.4 Å². The molecule has 2 aromatic carbocycles. The number of carbonyl (C=O) groups is 3. The summed E-state index contributed by atoms with van der Waals surface area (Å²) in [5.41, 5.74) is 1.30. The van der Waals surface area contributed by atoms with E-state index in [0.29, 0.717) is 12.6 Å². The summed E-state index contributed by atoms with van der Waals surface area (Å²) >= 11 is 0. The number of hydrogen-bond donors (Lipinski definition) is 4. The van der Waals surface area contributed by atoms with Gasteiger partial charge in [-0.15, -0.1) is 0 Å². The van der Waals surface area contributed by atoms with Crippen molar-refractivity contribution < 1.29 is 27.6 Å². The van der Waals surface area contributed by atoms with Crippen LogP contribution in [0.25, 0.3) is 6.08 Å². The number of halogens is 3. The minimum atomic E-state index is -4.60. The summed E-state index contributed by atoms with van der Waals surface area (Å²) in [5, 5.41) is 10.9. The minimum Gasteiger partial charge on any atom is -0.350 e. The Bertz CT molecular complexity index is 1140. The average Bonchev–Trinajstić information content (AvgIpc) is 2.81. The first-order valence-corrected chi connectivity index (χ1v) is 11.7. The quantitative estimate of drug-likeness (QED) is 0.387. The Morgan fingerprint density at radius 2 is 1.76 bits per heavy atom. The molecular weight excluding hydrogens is 485 g/mol. The Balaban J connectivity index is 2.00. The minimum absolute atomic E-state index is 0.109. The van der Waals surface area contributed by atoms with Crippen molar-refractivity contribution in [3.63, 3.8) is 0 Å². The summed E-state index contributed by atoms with van der Waals surface area (Å²) in [7, 11) is 0. The fourth-order valence-corrected chi connectivity index (χ4v) is 3.41. The standard InChI is InChI=1S/C27H33F3N4O3/c1-6-18-10-11-20(17(2)12-18)14-31-15-22(25(37)34-26(3,4)5)33-23(35)16-32-24(36)19-8-7-9-21(13-19)27(28,29)30/h6-13,22,31H,1,14-16H2,2-5H3,(H,32,36)(H,33,35)(H,34,37)/t22-/m0/s1. The lowest BCUT2D eigenvalue weighted by atomic mass is 10.0. The first kappa shape index (κ1) is 29.6. The van der Waals surface area contributed by atoms with Crippen LogP contribution in [0.3, 0.4) is 0 Å². The normalized spacial score (nSPS) is 12.4. The fraction of sp³-hybridized carbons (Fsp3) is 0.370. The predicted molar refractivity (Wildman–Crippen MR) is 137 cm³/mol. The maximum absolute atomic E-state index is 12.9. The molecule has 0 heterocycles. The van der Waals surface area contributed by atoms with Crippen molar-refractivity contribution in [1.29, 1.82) is 0 Å². The highest BCUT2D eigenvalue weighted by atomic mass is 19.4. The van der Waals surface area contributed by atoms with Gasteiger partial charge in [-0.05, 0) is 62.6 Å². The highest BCUT2D eigenvalue weighted by Gasteiger charge is 2.31. The van der Waals surface area contributed by atoms with Crippen LogP contribution in [-0.2, 0) is 22.3 Å². The van der Waals surface area contributed by atoms with Gasteiger partial charge in [0.1, 0.15) is 6.04 Å². The smallest absolute Gasteiger partial charge is 0.350 e. The van der Waals surface area contributed by atoms with Crippen molar-refractivity contribution in [1.82, 2.24) is 21.3 Å². The number of rotatable bonds is 10. The zero-order valence-electron chi connectivity index (χ0n) is 21.4. The summed E-state index contributed by atoms with van der Waals surface area (Å²) in [6.07, 6.45) is -2.85. The van der Waals surface area contributed by atoms with Gasteiger partial charge in [0.25, 0.3) is 5.91 Å². The monoisotopic (exact) mass is 518 g/mol. The second kappa shape index (κ2) is 12.5. The number of hydrogen-bond acceptors (Lipinski definition) is 4. The topological polar surface area (TPSA) is 99.3 Å². The zero-order chi connectivity index (χ0) is 27.8. The molecule has 0 saturated carbocycles. The molecule has 1 atom stereocenters. The van der Waals surface area contributed by atoms with Gasteiger partial charge in [-0.1, -0.05) is 36.9 Å². The third-order valence-electron chi connectivity index (χ3n) is 5.28. The van der Waals surface area contributed by atoms with E-state index in [2.05, 4.69) is 27.8 Å². The van der Waals surface area contributed by atoms with Gasteiger partial charge >= 0.3 is 6.18 Å². The van der Waals surface area contributed by atoms with Crippen LogP contribution in [0.5, 0.6) is 0 Å². The Kier molecular flexibility index (Phi) is 10.0. The molecule has 4 N–H and O–H groups in total. The number of carbonyl (C=O) groups excluding carboxylic acids is 3. The number of benzene rings is 2. The van der Waals surface area contributed by atoms with Gasteiger partial charge in [-0.3, -0.25) is 14.4 Å². The predicted octanol–water partition coefficient (Wildman–Crippen LogP) is 3.58. The summed E-state index contributed by atoms with van der Waals surface area (Å²) in [4.78, 5) is 37.6.